The fraction of sp³-hybridized carbons (Fsp3) is 0.0741. The van der Waals surface area contributed by atoms with Gasteiger partial charge < -0.3 is 0 Å². The molecule has 270 valence electrons. The molecule has 3 aliphatic rings. The van der Waals surface area contributed by atoms with Gasteiger partial charge in [0.1, 0.15) is 0 Å². The average molecular weight is 730 g/mol. The van der Waals surface area contributed by atoms with E-state index in [-0.39, 0.29) is 18.5 Å². The molecule has 9 aromatic carbocycles. The molecule has 3 N–H and O–H groups in total. The molecule has 57 heavy (non-hydrogen) atoms. The Morgan fingerprint density at radius 2 is 0.684 bits per heavy atom. The van der Waals surface area contributed by atoms with Gasteiger partial charge in [-0.2, -0.15) is 0 Å². The predicted octanol–water partition coefficient (Wildman–Crippen LogP) is 12.2. The Labute approximate surface area is 332 Å². The molecule has 1 aliphatic heterocycles. The van der Waals surface area contributed by atoms with Crippen LogP contribution in [0.3, 0.4) is 0 Å². The van der Waals surface area contributed by atoms with Crippen LogP contribution in [0.2, 0.25) is 0 Å². The van der Waals surface area contributed by atoms with Crippen LogP contribution in [0.5, 0.6) is 0 Å². The Morgan fingerprint density at radius 3 is 1.28 bits per heavy atom. The summed E-state index contributed by atoms with van der Waals surface area (Å²) in [5.74, 6) is 0. The van der Waals surface area contributed by atoms with Crippen LogP contribution >= 0.6 is 0 Å². The predicted molar refractivity (Wildman–Crippen MR) is 234 cm³/mol. The maximum absolute atomic E-state index is 4.09. The Bertz CT molecular complexity index is 2930. The zero-order valence-electron chi connectivity index (χ0n) is 31.3. The second-order valence-electron chi connectivity index (χ2n) is 15.6. The first-order chi connectivity index (χ1) is 28.3. The molecule has 0 aromatic heterocycles. The van der Waals surface area contributed by atoms with Gasteiger partial charge in [0, 0.05) is 0 Å². The van der Waals surface area contributed by atoms with E-state index < -0.39 is 5.41 Å². The molecule has 0 bridgehead atoms. The molecule has 1 spiro atoms. The van der Waals surface area contributed by atoms with Crippen molar-refractivity contribution in [1.82, 2.24) is 16.0 Å². The largest absolute Gasteiger partial charge is 0.279 e. The fourth-order valence-corrected chi connectivity index (χ4v) is 10.6. The highest BCUT2D eigenvalue weighted by Crippen LogP contribution is 2.64. The third-order valence-electron chi connectivity index (χ3n) is 12.8. The summed E-state index contributed by atoms with van der Waals surface area (Å²) in [6.07, 6.45) is -0.406. The van der Waals surface area contributed by atoms with Crippen LogP contribution < -0.4 is 16.0 Å². The first-order valence-electron chi connectivity index (χ1n) is 20.1. The van der Waals surface area contributed by atoms with Gasteiger partial charge >= 0.3 is 0 Å². The third-order valence-corrected chi connectivity index (χ3v) is 12.8. The zero-order chi connectivity index (χ0) is 37.5. The maximum atomic E-state index is 4.09. The van der Waals surface area contributed by atoms with Gasteiger partial charge in [0.05, 0.1) is 23.9 Å². The Morgan fingerprint density at radius 1 is 0.281 bits per heavy atom. The van der Waals surface area contributed by atoms with E-state index in [1.807, 2.05) is 0 Å². The lowest BCUT2D eigenvalue weighted by Gasteiger charge is -2.41. The number of fused-ring (bicyclic) bond motifs is 13. The van der Waals surface area contributed by atoms with Crippen LogP contribution in [0.25, 0.3) is 54.9 Å². The molecule has 2 aliphatic carbocycles. The minimum Gasteiger partial charge on any atom is -0.279 e. The quantitative estimate of drug-likeness (QED) is 0.158. The summed E-state index contributed by atoms with van der Waals surface area (Å²) in [5, 5.41) is 17.1. The highest BCUT2D eigenvalue weighted by atomic mass is 15.4. The number of hydrogen-bond acceptors (Lipinski definition) is 3. The standard InChI is InChI=1S/C54H39N3/c1-3-18-34(19-4-1)51-55-52(35-20-5-2-6-21-35)57-53(56-51)50-41-27-10-8-23-37(41)36-22-7-9-26-40(36)49(50)43-29-17-33-47-48(43)42-28-13-16-32-46(42)54(47)44-30-14-11-24-38(44)39-25-12-15-31-45(39)54/h1-33,51-53,55-57H. The van der Waals surface area contributed by atoms with Crippen molar-refractivity contribution in [3.05, 3.63) is 239 Å². The van der Waals surface area contributed by atoms with E-state index in [1.165, 1.54) is 93.9 Å². The van der Waals surface area contributed by atoms with Crippen molar-refractivity contribution >= 4 is 21.5 Å². The lowest BCUT2D eigenvalue weighted by molar-refractivity contribution is 0.204. The summed E-state index contributed by atoms with van der Waals surface area (Å²) in [6, 6.07) is 74.0. The average Bonchev–Trinajstić information content (AvgIpc) is 3.77. The Hall–Kier alpha value is -6.62. The number of benzene rings is 9. The van der Waals surface area contributed by atoms with Crippen molar-refractivity contribution in [3.8, 4) is 33.4 Å². The zero-order valence-corrected chi connectivity index (χ0v) is 31.3. The van der Waals surface area contributed by atoms with Gasteiger partial charge in [-0.05, 0) is 93.9 Å². The molecule has 0 saturated carbocycles. The van der Waals surface area contributed by atoms with Gasteiger partial charge in [-0.15, -0.1) is 0 Å². The molecule has 12 rings (SSSR count). The Kier molecular flexibility index (Phi) is 7.27. The molecule has 9 aromatic rings. The molecule has 1 saturated heterocycles. The third kappa shape index (κ3) is 4.65. The summed E-state index contributed by atoms with van der Waals surface area (Å²) in [6.45, 7) is 0. The van der Waals surface area contributed by atoms with Crippen LogP contribution in [0, 0.1) is 0 Å². The van der Waals surface area contributed by atoms with Crippen LogP contribution in [-0.4, -0.2) is 0 Å². The summed E-state index contributed by atoms with van der Waals surface area (Å²) in [5.41, 5.74) is 16.4. The van der Waals surface area contributed by atoms with E-state index in [0.29, 0.717) is 0 Å². The van der Waals surface area contributed by atoms with Crippen molar-refractivity contribution in [1.29, 1.82) is 0 Å². The molecule has 2 atom stereocenters. The normalized spacial score (nSPS) is 18.6. The second-order valence-corrected chi connectivity index (χ2v) is 15.6. The smallest absolute Gasteiger partial charge is 0.0876 e. The minimum atomic E-state index is -0.427. The second kappa shape index (κ2) is 12.7. The summed E-state index contributed by atoms with van der Waals surface area (Å²) < 4.78 is 0. The molecular formula is C54H39N3. The molecule has 3 nitrogen and oxygen atoms in total. The van der Waals surface area contributed by atoms with Crippen LogP contribution in [0.4, 0.5) is 0 Å². The number of rotatable bonds is 4. The highest BCUT2D eigenvalue weighted by molar-refractivity contribution is 6.18. The molecule has 3 heteroatoms. The summed E-state index contributed by atoms with van der Waals surface area (Å²) in [7, 11) is 0. The van der Waals surface area contributed by atoms with Crippen molar-refractivity contribution in [2.24, 2.45) is 0 Å². The van der Waals surface area contributed by atoms with Crippen molar-refractivity contribution in [2.75, 3.05) is 0 Å². The van der Waals surface area contributed by atoms with E-state index in [0.717, 1.165) is 0 Å². The molecule has 0 radical (unpaired) electrons. The number of nitrogens with one attached hydrogen (secondary N) is 3. The van der Waals surface area contributed by atoms with Crippen molar-refractivity contribution < 1.29 is 0 Å². The van der Waals surface area contributed by atoms with Crippen LogP contribution in [-0.2, 0) is 5.41 Å². The number of hydrogen-bond donors (Lipinski definition) is 3. The first-order valence-corrected chi connectivity index (χ1v) is 20.1. The van der Waals surface area contributed by atoms with E-state index in [2.05, 4.69) is 216 Å². The molecule has 2 unspecified atom stereocenters. The molecule has 1 heterocycles. The van der Waals surface area contributed by atoms with Crippen molar-refractivity contribution in [2.45, 2.75) is 23.9 Å². The monoisotopic (exact) mass is 729 g/mol. The minimum absolute atomic E-state index is 0.0993. The Balaban J connectivity index is 1.18. The van der Waals surface area contributed by atoms with E-state index in [4.69, 9.17) is 0 Å². The van der Waals surface area contributed by atoms with Crippen molar-refractivity contribution in [3.63, 3.8) is 0 Å². The summed E-state index contributed by atoms with van der Waals surface area (Å²) >= 11 is 0. The van der Waals surface area contributed by atoms with Gasteiger partial charge in [-0.25, -0.2) is 0 Å². The van der Waals surface area contributed by atoms with Gasteiger partial charge in [-0.3, -0.25) is 16.0 Å². The first kappa shape index (κ1) is 32.6. The van der Waals surface area contributed by atoms with Gasteiger partial charge in [0.15, 0.2) is 0 Å². The SMILES string of the molecule is c1ccc(C2NC(c3ccccc3)NC(c3c(-c4cccc5c4-c4ccccc4C54c5ccccc5-c5ccccc54)c4ccccc4c4ccccc34)N2)cc1. The molecule has 0 amide bonds. The topological polar surface area (TPSA) is 36.1 Å². The van der Waals surface area contributed by atoms with E-state index in [1.54, 1.807) is 0 Å². The van der Waals surface area contributed by atoms with Gasteiger partial charge in [0.2, 0.25) is 0 Å². The van der Waals surface area contributed by atoms with E-state index in [9.17, 15) is 0 Å². The lowest BCUT2D eigenvalue weighted by atomic mass is 9.70. The van der Waals surface area contributed by atoms with Gasteiger partial charge in [-0.1, -0.05) is 200 Å². The lowest BCUT2D eigenvalue weighted by Crippen LogP contribution is -2.54. The fourth-order valence-electron chi connectivity index (χ4n) is 10.6. The maximum Gasteiger partial charge on any atom is 0.0876 e. The molecule has 1 fully saturated rings. The summed E-state index contributed by atoms with van der Waals surface area (Å²) in [4.78, 5) is 0. The molecular weight excluding hydrogens is 691 g/mol. The van der Waals surface area contributed by atoms with Crippen LogP contribution in [0.1, 0.15) is 57.4 Å². The highest BCUT2D eigenvalue weighted by Gasteiger charge is 2.52. The van der Waals surface area contributed by atoms with Gasteiger partial charge in [0.25, 0.3) is 0 Å². The van der Waals surface area contributed by atoms with E-state index >= 15 is 0 Å². The van der Waals surface area contributed by atoms with Crippen LogP contribution in [0.15, 0.2) is 200 Å².